The molecule has 0 radical (unpaired) electrons. The van der Waals surface area contributed by atoms with Gasteiger partial charge in [-0.15, -0.1) is 0 Å². The van der Waals surface area contributed by atoms with E-state index in [1.165, 1.54) is 7.11 Å². The van der Waals surface area contributed by atoms with Gasteiger partial charge in [-0.2, -0.15) is 0 Å². The van der Waals surface area contributed by atoms with Gasteiger partial charge in [0.05, 0.1) is 22.7 Å². The van der Waals surface area contributed by atoms with Crippen LogP contribution in [0.2, 0.25) is 10.0 Å². The summed E-state index contributed by atoms with van der Waals surface area (Å²) >= 11 is 17.3. The highest BCUT2D eigenvalue weighted by molar-refractivity contribution is 6.71. The van der Waals surface area contributed by atoms with Crippen molar-refractivity contribution in [3.05, 3.63) is 27.7 Å². The number of ether oxygens (including phenoxy) is 1. The standard InChI is InChI=1S/C8H6Cl3NO2/c1-14-5-3-2-4(9)6(7(5)10)8(11)12-13/h2-3,13H,1H3. The summed E-state index contributed by atoms with van der Waals surface area (Å²) in [5.41, 5.74) is 0.247. The van der Waals surface area contributed by atoms with Gasteiger partial charge in [-0.1, -0.05) is 40.0 Å². The Morgan fingerprint density at radius 2 is 2.07 bits per heavy atom. The summed E-state index contributed by atoms with van der Waals surface area (Å²) in [4.78, 5) is 0. The quantitative estimate of drug-likeness (QED) is 0.499. The lowest BCUT2D eigenvalue weighted by Crippen LogP contribution is -1.96. The predicted molar refractivity (Wildman–Crippen MR) is 57.2 cm³/mol. The fourth-order valence-corrected chi connectivity index (χ4v) is 1.85. The number of hydrogen-bond acceptors (Lipinski definition) is 3. The van der Waals surface area contributed by atoms with Crippen LogP contribution in [0.25, 0.3) is 0 Å². The lowest BCUT2D eigenvalue weighted by atomic mass is 10.2. The molecular weight excluding hydrogens is 248 g/mol. The summed E-state index contributed by atoms with van der Waals surface area (Å²) in [5.74, 6) is 0.410. The van der Waals surface area contributed by atoms with Gasteiger partial charge in [0.2, 0.25) is 0 Å². The number of oxime groups is 1. The van der Waals surface area contributed by atoms with Crippen molar-refractivity contribution in [2.45, 2.75) is 0 Å². The summed E-state index contributed by atoms with van der Waals surface area (Å²) in [5, 5.41) is 11.6. The van der Waals surface area contributed by atoms with Crippen molar-refractivity contribution in [1.29, 1.82) is 0 Å². The lowest BCUT2D eigenvalue weighted by Gasteiger charge is -2.08. The fourth-order valence-electron chi connectivity index (χ4n) is 0.930. The van der Waals surface area contributed by atoms with Gasteiger partial charge < -0.3 is 9.94 Å². The average molecular weight is 254 g/mol. The van der Waals surface area contributed by atoms with Crippen LogP contribution < -0.4 is 4.74 Å². The molecule has 0 amide bonds. The molecule has 1 N–H and O–H groups in total. The zero-order valence-electron chi connectivity index (χ0n) is 7.09. The third kappa shape index (κ3) is 2.05. The molecule has 0 spiro atoms. The first kappa shape index (κ1) is 11.4. The molecule has 0 unspecified atom stereocenters. The molecular formula is C8H6Cl3NO2. The molecule has 6 heteroatoms. The zero-order chi connectivity index (χ0) is 10.7. The van der Waals surface area contributed by atoms with Crippen molar-refractivity contribution in [2.24, 2.45) is 5.16 Å². The maximum atomic E-state index is 8.50. The molecule has 76 valence electrons. The molecule has 0 aromatic heterocycles. The van der Waals surface area contributed by atoms with Crippen molar-refractivity contribution in [1.82, 2.24) is 0 Å². The van der Waals surface area contributed by atoms with Crippen LogP contribution in [0, 0.1) is 0 Å². The van der Waals surface area contributed by atoms with Crippen LogP contribution in [-0.2, 0) is 0 Å². The molecule has 0 fully saturated rings. The number of halogens is 3. The van der Waals surface area contributed by atoms with Gasteiger partial charge in [-0.3, -0.25) is 0 Å². The highest BCUT2D eigenvalue weighted by atomic mass is 35.5. The van der Waals surface area contributed by atoms with E-state index >= 15 is 0 Å². The third-order valence-corrected chi connectivity index (χ3v) is 2.52. The van der Waals surface area contributed by atoms with Gasteiger partial charge >= 0.3 is 0 Å². The normalized spacial score (nSPS) is 11.6. The zero-order valence-corrected chi connectivity index (χ0v) is 9.36. The molecule has 0 atom stereocenters. The third-order valence-electron chi connectivity index (χ3n) is 1.57. The Labute approximate surface area is 95.8 Å². The molecule has 3 nitrogen and oxygen atoms in total. The van der Waals surface area contributed by atoms with E-state index in [0.29, 0.717) is 10.8 Å². The van der Waals surface area contributed by atoms with E-state index in [0.717, 1.165) is 0 Å². The van der Waals surface area contributed by atoms with Crippen LogP contribution in [0.3, 0.4) is 0 Å². The first-order valence-electron chi connectivity index (χ1n) is 3.51. The maximum absolute atomic E-state index is 8.50. The minimum absolute atomic E-state index is 0.182. The highest BCUT2D eigenvalue weighted by Crippen LogP contribution is 2.34. The molecule has 0 aliphatic heterocycles. The number of methoxy groups -OCH3 is 1. The molecule has 0 aliphatic rings. The van der Waals surface area contributed by atoms with E-state index in [-0.39, 0.29) is 15.8 Å². The Bertz CT molecular complexity index is 379. The molecule has 1 aromatic rings. The van der Waals surface area contributed by atoms with Crippen molar-refractivity contribution >= 4 is 40.0 Å². The SMILES string of the molecule is COc1ccc(Cl)c(C(Cl)=NO)c1Cl. The second-order valence-electron chi connectivity index (χ2n) is 2.33. The van der Waals surface area contributed by atoms with Crippen LogP contribution in [0.1, 0.15) is 5.56 Å². The highest BCUT2D eigenvalue weighted by Gasteiger charge is 2.15. The summed E-state index contributed by atoms with van der Waals surface area (Å²) in [7, 11) is 1.46. The van der Waals surface area contributed by atoms with Crippen molar-refractivity contribution in [2.75, 3.05) is 7.11 Å². The largest absolute Gasteiger partial charge is 0.495 e. The molecule has 0 bridgehead atoms. The Morgan fingerprint density at radius 3 is 2.57 bits per heavy atom. The van der Waals surface area contributed by atoms with E-state index < -0.39 is 0 Å². The summed E-state index contributed by atoms with van der Waals surface area (Å²) in [6, 6.07) is 3.14. The van der Waals surface area contributed by atoms with Gasteiger partial charge in [-0.25, -0.2) is 0 Å². The van der Waals surface area contributed by atoms with E-state index in [9.17, 15) is 0 Å². The lowest BCUT2D eigenvalue weighted by molar-refractivity contribution is 0.321. The Kier molecular flexibility index (Phi) is 3.86. The summed E-state index contributed by atoms with van der Waals surface area (Å²) in [6.07, 6.45) is 0. The molecule has 0 saturated heterocycles. The van der Waals surface area contributed by atoms with Crippen molar-refractivity contribution in [3.63, 3.8) is 0 Å². The molecule has 1 rings (SSSR count). The number of nitrogens with zero attached hydrogens (tertiary/aromatic N) is 1. The minimum atomic E-state index is -0.182. The van der Waals surface area contributed by atoms with Gasteiger partial charge in [0.15, 0.2) is 5.17 Å². The summed E-state index contributed by atoms with van der Waals surface area (Å²) in [6.45, 7) is 0. The van der Waals surface area contributed by atoms with Crippen molar-refractivity contribution < 1.29 is 9.94 Å². The molecule has 0 aliphatic carbocycles. The van der Waals surface area contributed by atoms with E-state index in [2.05, 4.69) is 5.16 Å². The Morgan fingerprint density at radius 1 is 1.43 bits per heavy atom. The van der Waals surface area contributed by atoms with Crippen LogP contribution in [0.4, 0.5) is 0 Å². The first-order valence-corrected chi connectivity index (χ1v) is 4.65. The van der Waals surface area contributed by atoms with Gasteiger partial charge in [-0.05, 0) is 12.1 Å². The molecule has 14 heavy (non-hydrogen) atoms. The molecule has 0 heterocycles. The minimum Gasteiger partial charge on any atom is -0.495 e. The molecule has 0 saturated carbocycles. The number of benzene rings is 1. The van der Waals surface area contributed by atoms with Crippen LogP contribution in [-0.4, -0.2) is 17.5 Å². The Hall–Kier alpha value is -0.640. The number of rotatable bonds is 2. The average Bonchev–Trinajstić information content (AvgIpc) is 2.18. The first-order chi connectivity index (χ1) is 6.61. The van der Waals surface area contributed by atoms with Gasteiger partial charge in [0.25, 0.3) is 0 Å². The van der Waals surface area contributed by atoms with Gasteiger partial charge in [0, 0.05) is 0 Å². The second-order valence-corrected chi connectivity index (χ2v) is 3.47. The number of hydrogen-bond donors (Lipinski definition) is 1. The van der Waals surface area contributed by atoms with Crippen LogP contribution in [0.5, 0.6) is 5.75 Å². The predicted octanol–water partition coefficient (Wildman–Crippen LogP) is 3.38. The Balaban J connectivity index is 3.40. The van der Waals surface area contributed by atoms with Crippen molar-refractivity contribution in [3.8, 4) is 5.75 Å². The summed E-state index contributed by atoms with van der Waals surface area (Å²) < 4.78 is 4.95. The monoisotopic (exact) mass is 253 g/mol. The smallest absolute Gasteiger partial charge is 0.178 e. The molecule has 1 aromatic carbocycles. The topological polar surface area (TPSA) is 41.8 Å². The van der Waals surface area contributed by atoms with E-state index in [1.807, 2.05) is 0 Å². The maximum Gasteiger partial charge on any atom is 0.178 e. The fraction of sp³-hybridized carbons (Fsp3) is 0.125. The van der Waals surface area contributed by atoms with E-state index in [4.69, 9.17) is 44.7 Å². The van der Waals surface area contributed by atoms with E-state index in [1.54, 1.807) is 12.1 Å². The van der Waals surface area contributed by atoms with Gasteiger partial charge in [0.1, 0.15) is 5.75 Å². The second kappa shape index (κ2) is 4.73. The van der Waals surface area contributed by atoms with Crippen LogP contribution >= 0.6 is 34.8 Å². The van der Waals surface area contributed by atoms with Crippen LogP contribution in [0.15, 0.2) is 17.3 Å².